The maximum absolute atomic E-state index is 12.4. The van der Waals surface area contributed by atoms with Crippen LogP contribution in [0.25, 0.3) is 0 Å². The topological polar surface area (TPSA) is 42.0 Å². The fourth-order valence-corrected chi connectivity index (χ4v) is 11.5. The van der Waals surface area contributed by atoms with E-state index in [1.807, 2.05) is 0 Å². The van der Waals surface area contributed by atoms with Crippen molar-refractivity contribution < 1.29 is 14.3 Å². The van der Waals surface area contributed by atoms with Crippen molar-refractivity contribution in [2.45, 2.75) is 114 Å². The Morgan fingerprint density at radius 3 is 2.47 bits per heavy atom. The second-order valence-corrected chi connectivity index (χ2v) is 19.5. The number of fused-ring (bicyclic) bond motifs is 10. The lowest BCUT2D eigenvalue weighted by Gasteiger charge is -2.63. The van der Waals surface area contributed by atoms with Crippen molar-refractivity contribution in [3.8, 4) is 12.3 Å². The van der Waals surface area contributed by atoms with Crippen LogP contribution < -0.4 is 0 Å². The van der Waals surface area contributed by atoms with Crippen LogP contribution in [0.2, 0.25) is 18.1 Å². The third-order valence-electron chi connectivity index (χ3n) is 12.8. The van der Waals surface area contributed by atoms with Crippen molar-refractivity contribution in [3.63, 3.8) is 0 Å². The fraction of sp³-hybridized carbons (Fsp3) is 0.929. The smallest absolute Gasteiger partial charge is 0.192 e. The molecular formula is C28H42O3Si. The van der Waals surface area contributed by atoms with Gasteiger partial charge in [-0.25, -0.2) is 0 Å². The van der Waals surface area contributed by atoms with Crippen LogP contribution >= 0.6 is 0 Å². The van der Waals surface area contributed by atoms with Crippen molar-refractivity contribution in [3.05, 3.63) is 0 Å². The first-order valence-corrected chi connectivity index (χ1v) is 16.3. The minimum absolute atomic E-state index is 0.0120. The van der Waals surface area contributed by atoms with Crippen LogP contribution in [0, 0.1) is 59.2 Å². The van der Waals surface area contributed by atoms with E-state index in [0.717, 1.165) is 37.5 Å². The average Bonchev–Trinajstić information content (AvgIpc) is 3.59. The largest absolute Gasteiger partial charge is 0.414 e. The number of hydrogen-bond acceptors (Lipinski definition) is 3. The molecule has 176 valence electrons. The number of aliphatic hydroxyl groups is 1. The van der Waals surface area contributed by atoms with Crippen molar-refractivity contribution in [2.75, 3.05) is 0 Å². The second kappa shape index (κ2) is 5.56. The summed E-state index contributed by atoms with van der Waals surface area (Å²) in [5.41, 5.74) is -0.728. The lowest BCUT2D eigenvalue weighted by Crippen LogP contribution is -2.65. The molecule has 1 saturated heterocycles. The minimum Gasteiger partial charge on any atom is -0.414 e. The second-order valence-electron chi connectivity index (χ2n) is 14.7. The molecule has 4 heteroatoms. The van der Waals surface area contributed by atoms with Crippen LogP contribution in [0.5, 0.6) is 0 Å². The summed E-state index contributed by atoms with van der Waals surface area (Å²) in [5.74, 6) is 7.76. The number of terminal acetylenes is 1. The molecule has 1 heterocycles. The van der Waals surface area contributed by atoms with Crippen LogP contribution in [0.4, 0.5) is 0 Å². The van der Waals surface area contributed by atoms with Gasteiger partial charge in [0.1, 0.15) is 5.60 Å². The van der Waals surface area contributed by atoms with Crippen molar-refractivity contribution >= 4 is 8.32 Å². The molecular weight excluding hydrogens is 412 g/mol. The summed E-state index contributed by atoms with van der Waals surface area (Å²) in [5, 5.41) is 12.6. The quantitative estimate of drug-likeness (QED) is 0.346. The molecule has 7 aliphatic rings. The van der Waals surface area contributed by atoms with Gasteiger partial charge >= 0.3 is 0 Å². The van der Waals surface area contributed by atoms with Gasteiger partial charge in [0.2, 0.25) is 0 Å². The Balaban J connectivity index is 1.19. The van der Waals surface area contributed by atoms with Gasteiger partial charge in [-0.2, -0.15) is 0 Å². The Morgan fingerprint density at radius 1 is 1.06 bits per heavy atom. The third kappa shape index (κ3) is 2.10. The number of ether oxygens (including phenoxy) is 1. The monoisotopic (exact) mass is 454 g/mol. The summed E-state index contributed by atoms with van der Waals surface area (Å²) in [6.07, 6.45) is 14.2. The van der Waals surface area contributed by atoms with Gasteiger partial charge in [0.05, 0.1) is 5.60 Å². The van der Waals surface area contributed by atoms with E-state index >= 15 is 0 Å². The maximum atomic E-state index is 12.4. The molecule has 7 rings (SSSR count). The molecule has 0 aromatic heterocycles. The first kappa shape index (κ1) is 21.0. The first-order chi connectivity index (χ1) is 14.9. The van der Waals surface area contributed by atoms with E-state index in [-0.39, 0.29) is 27.8 Å². The third-order valence-corrected chi connectivity index (χ3v) is 17.3. The standard InChI is InChI=1S/C28H42O3Si/c1-8-27-21-14-18(21)23-22-17-13-20(17)26(29)15-16(30-32(6,7)24(2,3)4)9-11-25(26,5)19(22)10-12-28(23,27)31-27/h1,16-23,29H,9-15H2,2-7H3/t16-,17-,18+,19?,20+,21-,22?,23?,25+,26+,27-,28+/m0/s1. The molecule has 12 atom stereocenters. The molecule has 1 aliphatic heterocycles. The molecule has 1 N–H and O–H groups in total. The lowest BCUT2D eigenvalue weighted by atomic mass is 9.44. The highest BCUT2D eigenvalue weighted by Gasteiger charge is 2.91. The summed E-state index contributed by atoms with van der Waals surface area (Å²) in [7, 11) is -1.83. The number of hydrogen-bond donors (Lipinski definition) is 1. The molecule has 6 aliphatic carbocycles. The zero-order chi connectivity index (χ0) is 22.7. The van der Waals surface area contributed by atoms with Crippen molar-refractivity contribution in [1.29, 1.82) is 0 Å². The summed E-state index contributed by atoms with van der Waals surface area (Å²) in [6, 6.07) is 0. The van der Waals surface area contributed by atoms with Gasteiger partial charge in [-0.3, -0.25) is 0 Å². The van der Waals surface area contributed by atoms with E-state index in [2.05, 4.69) is 46.7 Å². The molecule has 32 heavy (non-hydrogen) atoms. The molecule has 7 fully saturated rings. The molecule has 3 nitrogen and oxygen atoms in total. The Kier molecular flexibility index (Phi) is 3.64. The molecule has 0 amide bonds. The lowest BCUT2D eigenvalue weighted by molar-refractivity contribution is -0.221. The van der Waals surface area contributed by atoms with E-state index in [4.69, 9.17) is 15.6 Å². The fourth-order valence-electron chi connectivity index (χ4n) is 10.1. The molecule has 0 bridgehead atoms. The predicted molar refractivity (Wildman–Crippen MR) is 127 cm³/mol. The number of epoxide rings is 1. The summed E-state index contributed by atoms with van der Waals surface area (Å²) in [6.45, 7) is 14.2. The van der Waals surface area contributed by atoms with Crippen molar-refractivity contribution in [2.24, 2.45) is 46.8 Å². The van der Waals surface area contributed by atoms with Crippen LogP contribution in [0.3, 0.4) is 0 Å². The Hall–Kier alpha value is -0.343. The summed E-state index contributed by atoms with van der Waals surface area (Å²) < 4.78 is 13.4. The van der Waals surface area contributed by atoms with Crippen LogP contribution in [0.15, 0.2) is 0 Å². The van der Waals surface area contributed by atoms with Gasteiger partial charge in [-0.15, -0.1) is 6.42 Å². The van der Waals surface area contributed by atoms with Gasteiger partial charge in [-0.05, 0) is 97.6 Å². The predicted octanol–water partition coefficient (Wildman–Crippen LogP) is 5.38. The molecule has 0 aromatic carbocycles. The van der Waals surface area contributed by atoms with E-state index in [0.29, 0.717) is 29.6 Å². The zero-order valence-corrected chi connectivity index (χ0v) is 21.9. The van der Waals surface area contributed by atoms with Crippen LogP contribution in [-0.2, 0) is 9.16 Å². The van der Waals surface area contributed by atoms with Gasteiger partial charge in [0.25, 0.3) is 0 Å². The minimum atomic E-state index is -1.83. The average molecular weight is 455 g/mol. The van der Waals surface area contributed by atoms with Crippen molar-refractivity contribution in [1.82, 2.24) is 0 Å². The van der Waals surface area contributed by atoms with E-state index in [1.54, 1.807) is 0 Å². The van der Waals surface area contributed by atoms with Gasteiger partial charge in [0, 0.05) is 18.4 Å². The van der Waals surface area contributed by atoms with Gasteiger partial charge < -0.3 is 14.3 Å². The molecule has 3 unspecified atom stereocenters. The number of rotatable bonds is 2. The summed E-state index contributed by atoms with van der Waals surface area (Å²) in [4.78, 5) is 0. The maximum Gasteiger partial charge on any atom is 0.192 e. The Bertz CT molecular complexity index is 932. The van der Waals surface area contributed by atoms with E-state index < -0.39 is 13.9 Å². The molecule has 6 saturated carbocycles. The molecule has 0 radical (unpaired) electrons. The molecule has 1 spiro atoms. The highest BCUT2D eigenvalue weighted by Crippen LogP contribution is 2.85. The van der Waals surface area contributed by atoms with Gasteiger partial charge in [0.15, 0.2) is 13.9 Å². The van der Waals surface area contributed by atoms with Crippen LogP contribution in [0.1, 0.15) is 72.6 Å². The Labute approximate surface area is 195 Å². The first-order valence-electron chi connectivity index (χ1n) is 13.4. The normalized spacial score (nSPS) is 61.2. The Morgan fingerprint density at radius 2 is 1.78 bits per heavy atom. The highest BCUT2D eigenvalue weighted by atomic mass is 28.4. The molecule has 0 aromatic rings. The summed E-state index contributed by atoms with van der Waals surface area (Å²) >= 11 is 0. The zero-order valence-electron chi connectivity index (χ0n) is 20.9. The van der Waals surface area contributed by atoms with E-state index in [9.17, 15) is 5.11 Å². The van der Waals surface area contributed by atoms with Gasteiger partial charge in [-0.1, -0.05) is 33.6 Å². The van der Waals surface area contributed by atoms with Crippen LogP contribution in [-0.4, -0.2) is 36.3 Å². The highest BCUT2D eigenvalue weighted by molar-refractivity contribution is 6.74. The SMILES string of the molecule is C#C[C@@]12O[C@@]13CCC1C(C3[C@@H]3C[C@@H]32)[C@H]2C[C@H]2[C@]2(O)C[C@@H](O[Si](C)(C)C(C)(C)C)CC[C@]12C. The van der Waals surface area contributed by atoms with E-state index in [1.165, 1.54) is 19.3 Å².